The van der Waals surface area contributed by atoms with E-state index in [2.05, 4.69) is 10.2 Å². The average Bonchev–Trinajstić information content (AvgIpc) is 3.59. The lowest BCUT2D eigenvalue weighted by Crippen LogP contribution is -2.29. The zero-order chi connectivity index (χ0) is 29.1. The molecule has 10 heteroatoms. The van der Waals surface area contributed by atoms with Gasteiger partial charge in [0.15, 0.2) is 4.34 Å². The summed E-state index contributed by atoms with van der Waals surface area (Å²) in [7, 11) is 0. The van der Waals surface area contributed by atoms with Crippen LogP contribution in [0.2, 0.25) is 0 Å². The fourth-order valence-corrected chi connectivity index (χ4v) is 6.44. The van der Waals surface area contributed by atoms with Gasteiger partial charge in [-0.1, -0.05) is 102 Å². The molecule has 1 aliphatic heterocycles. The Hall–Kier alpha value is -4.80. The third kappa shape index (κ3) is 5.54. The number of ketones is 1. The van der Waals surface area contributed by atoms with Crippen LogP contribution in [0.25, 0.3) is 5.76 Å². The third-order valence-electron chi connectivity index (χ3n) is 6.56. The van der Waals surface area contributed by atoms with Crippen molar-refractivity contribution in [2.45, 2.75) is 16.1 Å². The van der Waals surface area contributed by atoms with Gasteiger partial charge in [0, 0.05) is 11.3 Å². The first-order valence-electron chi connectivity index (χ1n) is 12.9. The Kier molecular flexibility index (Phi) is 7.81. The number of rotatable bonds is 8. The van der Waals surface area contributed by atoms with E-state index in [1.807, 2.05) is 30.3 Å². The minimum atomic E-state index is -0.998. The van der Waals surface area contributed by atoms with Gasteiger partial charge in [-0.25, -0.2) is 4.39 Å². The number of ether oxygens (including phenoxy) is 1. The minimum absolute atomic E-state index is 0.0705. The van der Waals surface area contributed by atoms with Gasteiger partial charge in [-0.3, -0.25) is 14.5 Å². The van der Waals surface area contributed by atoms with Gasteiger partial charge in [0.2, 0.25) is 5.13 Å². The number of para-hydroxylation sites is 1. The van der Waals surface area contributed by atoms with Crippen molar-refractivity contribution in [1.29, 1.82) is 0 Å². The second-order valence-corrected chi connectivity index (χ2v) is 11.4. The number of thioether (sulfide) groups is 1. The molecule has 0 spiro atoms. The average molecular weight is 596 g/mol. The smallest absolute Gasteiger partial charge is 0.301 e. The van der Waals surface area contributed by atoms with Crippen molar-refractivity contribution >= 4 is 45.7 Å². The third-order valence-corrected chi connectivity index (χ3v) is 8.66. The van der Waals surface area contributed by atoms with Gasteiger partial charge in [-0.05, 0) is 41.5 Å². The van der Waals surface area contributed by atoms with Crippen molar-refractivity contribution in [1.82, 2.24) is 10.2 Å². The molecule has 1 N–H and O–H groups in total. The number of amides is 1. The maximum absolute atomic E-state index is 14.1. The maximum atomic E-state index is 14.1. The fraction of sp³-hybridized carbons (Fsp3) is 0.0625. The molecule has 5 aromatic rings. The standard InChI is InChI=1S/C32H22FN3O4S2/c33-25-17-8-7-12-22(25)19-41-32-35-34-31(42-32)36-27(21-13-9-16-24(18-21)40-23-14-5-2-6-15-23)26(29(38)30(36)39)28(37)20-10-3-1-4-11-20/h1-18,27,37H,19H2/b28-26-. The summed E-state index contributed by atoms with van der Waals surface area (Å²) in [6.45, 7) is 0. The van der Waals surface area contributed by atoms with E-state index in [-0.39, 0.29) is 22.3 Å². The summed E-state index contributed by atoms with van der Waals surface area (Å²) in [6.07, 6.45) is 0. The van der Waals surface area contributed by atoms with E-state index in [0.717, 1.165) is 11.3 Å². The number of nitrogens with zero attached hydrogens (tertiary/aromatic N) is 3. The Morgan fingerprint density at radius 2 is 1.57 bits per heavy atom. The maximum Gasteiger partial charge on any atom is 0.301 e. The molecule has 208 valence electrons. The summed E-state index contributed by atoms with van der Waals surface area (Å²) in [6, 6.07) is 30.3. The van der Waals surface area contributed by atoms with Gasteiger partial charge in [0.25, 0.3) is 5.78 Å². The normalized spacial score (nSPS) is 16.1. The van der Waals surface area contributed by atoms with E-state index < -0.39 is 17.7 Å². The number of hydrogen-bond donors (Lipinski definition) is 1. The highest BCUT2D eigenvalue weighted by Crippen LogP contribution is 2.44. The SMILES string of the molecule is O=C1C(=O)N(c2nnc(SCc3ccccc3F)s2)C(c2cccc(Oc3ccccc3)c2)/C1=C(/O)c1ccccc1. The van der Waals surface area contributed by atoms with Gasteiger partial charge in [0.1, 0.15) is 23.1 Å². The van der Waals surface area contributed by atoms with E-state index in [1.54, 1.807) is 72.8 Å². The van der Waals surface area contributed by atoms with Crippen LogP contribution in [0.5, 0.6) is 11.5 Å². The number of anilines is 1. The van der Waals surface area contributed by atoms with Crippen LogP contribution in [0.15, 0.2) is 119 Å². The molecule has 0 saturated carbocycles. The van der Waals surface area contributed by atoms with Gasteiger partial charge in [-0.2, -0.15) is 0 Å². The van der Waals surface area contributed by atoms with E-state index in [0.29, 0.717) is 38.3 Å². The van der Waals surface area contributed by atoms with Crippen LogP contribution in [-0.2, 0) is 15.3 Å². The molecule has 1 atom stereocenters. The summed E-state index contributed by atoms with van der Waals surface area (Å²) in [4.78, 5) is 28.3. The molecule has 6 rings (SSSR count). The molecule has 7 nitrogen and oxygen atoms in total. The Bertz CT molecular complexity index is 1790. The highest BCUT2D eigenvalue weighted by atomic mass is 32.2. The van der Waals surface area contributed by atoms with E-state index in [1.165, 1.54) is 22.7 Å². The van der Waals surface area contributed by atoms with Crippen LogP contribution in [0.3, 0.4) is 0 Å². The van der Waals surface area contributed by atoms with E-state index >= 15 is 0 Å². The van der Waals surface area contributed by atoms with Crippen LogP contribution in [0.4, 0.5) is 9.52 Å². The number of halogens is 1. The molecule has 1 unspecified atom stereocenters. The van der Waals surface area contributed by atoms with E-state index in [9.17, 15) is 19.1 Å². The number of aromatic nitrogens is 2. The number of aliphatic hydroxyl groups is 1. The molecule has 1 saturated heterocycles. The zero-order valence-electron chi connectivity index (χ0n) is 21.9. The molecule has 0 radical (unpaired) electrons. The number of Topliss-reactive ketones (excluding diaryl/α,β-unsaturated/α-hetero) is 1. The molecule has 42 heavy (non-hydrogen) atoms. The molecule has 1 aliphatic rings. The van der Waals surface area contributed by atoms with Gasteiger partial charge < -0.3 is 9.84 Å². The number of benzene rings is 4. The summed E-state index contributed by atoms with van der Waals surface area (Å²) < 4.78 is 20.6. The Morgan fingerprint density at radius 1 is 0.881 bits per heavy atom. The molecule has 1 amide bonds. The molecule has 2 heterocycles. The number of carbonyl (C=O) groups excluding carboxylic acids is 2. The highest BCUT2D eigenvalue weighted by molar-refractivity contribution is 8.00. The lowest BCUT2D eigenvalue weighted by molar-refractivity contribution is -0.132. The molecule has 4 aromatic carbocycles. The number of hydrogen-bond acceptors (Lipinski definition) is 8. The lowest BCUT2D eigenvalue weighted by atomic mass is 9.95. The Balaban J connectivity index is 1.39. The van der Waals surface area contributed by atoms with Crippen LogP contribution in [-0.4, -0.2) is 27.0 Å². The second-order valence-electron chi connectivity index (χ2n) is 9.25. The Labute approximate surface area is 248 Å². The topological polar surface area (TPSA) is 92.6 Å². The van der Waals surface area contributed by atoms with Crippen LogP contribution in [0, 0.1) is 5.82 Å². The van der Waals surface area contributed by atoms with Crippen molar-refractivity contribution < 1.29 is 23.8 Å². The predicted octanol–water partition coefficient (Wildman–Crippen LogP) is 7.39. The molecule has 0 aliphatic carbocycles. The van der Waals surface area contributed by atoms with Gasteiger partial charge in [-0.15, -0.1) is 10.2 Å². The first kappa shape index (κ1) is 27.4. The second kappa shape index (κ2) is 12.0. The van der Waals surface area contributed by atoms with Gasteiger partial charge >= 0.3 is 5.91 Å². The van der Waals surface area contributed by atoms with Crippen molar-refractivity contribution in [2.75, 3.05) is 4.90 Å². The summed E-state index contributed by atoms with van der Waals surface area (Å²) in [5.41, 5.74) is 1.38. The number of aliphatic hydroxyl groups excluding tert-OH is 1. The quantitative estimate of drug-likeness (QED) is 0.0657. The largest absolute Gasteiger partial charge is 0.507 e. The lowest BCUT2D eigenvalue weighted by Gasteiger charge is -2.23. The predicted molar refractivity (Wildman–Crippen MR) is 160 cm³/mol. The van der Waals surface area contributed by atoms with Crippen molar-refractivity contribution in [3.63, 3.8) is 0 Å². The van der Waals surface area contributed by atoms with Crippen molar-refractivity contribution in [3.8, 4) is 11.5 Å². The first-order chi connectivity index (χ1) is 20.5. The highest BCUT2D eigenvalue weighted by Gasteiger charge is 2.48. The zero-order valence-corrected chi connectivity index (χ0v) is 23.5. The first-order valence-corrected chi connectivity index (χ1v) is 14.7. The monoisotopic (exact) mass is 595 g/mol. The van der Waals surface area contributed by atoms with Gasteiger partial charge in [0.05, 0.1) is 11.6 Å². The summed E-state index contributed by atoms with van der Waals surface area (Å²) in [5.74, 6) is -0.874. The molecular weight excluding hydrogens is 574 g/mol. The van der Waals surface area contributed by atoms with Crippen LogP contribution in [0.1, 0.15) is 22.7 Å². The number of carbonyl (C=O) groups is 2. The molecule has 0 bridgehead atoms. The van der Waals surface area contributed by atoms with E-state index in [4.69, 9.17) is 4.74 Å². The molecule has 1 aromatic heterocycles. The summed E-state index contributed by atoms with van der Waals surface area (Å²) >= 11 is 2.39. The van der Waals surface area contributed by atoms with Crippen LogP contribution >= 0.6 is 23.1 Å². The Morgan fingerprint density at radius 3 is 2.33 bits per heavy atom. The fourth-order valence-electron chi connectivity index (χ4n) is 4.58. The van der Waals surface area contributed by atoms with Crippen molar-refractivity contribution in [2.24, 2.45) is 0 Å². The molecule has 1 fully saturated rings. The minimum Gasteiger partial charge on any atom is -0.507 e. The van der Waals surface area contributed by atoms with Crippen molar-refractivity contribution in [3.05, 3.63) is 137 Å². The summed E-state index contributed by atoms with van der Waals surface area (Å²) in [5, 5.41) is 19.9. The molecular formula is C32H22FN3O4S2. The van der Waals surface area contributed by atoms with Crippen LogP contribution < -0.4 is 9.64 Å².